The molecule has 0 radical (unpaired) electrons. The Kier molecular flexibility index (Phi) is 6.09. The Balaban J connectivity index is 1.48. The molecule has 1 fully saturated rings. The molecule has 0 spiro atoms. The van der Waals surface area contributed by atoms with Crippen molar-refractivity contribution < 1.29 is 0 Å². The summed E-state index contributed by atoms with van der Waals surface area (Å²) in [5.74, 6) is 2.48. The molecule has 7 heteroatoms. The number of nitrogens with zero attached hydrogens (tertiary/aromatic N) is 5. The first-order valence-corrected chi connectivity index (χ1v) is 9.27. The Hall–Kier alpha value is -2.57. The van der Waals surface area contributed by atoms with E-state index in [9.17, 15) is 0 Å². The summed E-state index contributed by atoms with van der Waals surface area (Å²) in [5.41, 5.74) is 2.56. The minimum Gasteiger partial charge on any atom is -0.372 e. The fourth-order valence-corrected chi connectivity index (χ4v) is 3.14. The Labute approximate surface area is 155 Å². The molecule has 0 bridgehead atoms. The van der Waals surface area contributed by atoms with E-state index in [-0.39, 0.29) is 0 Å². The van der Waals surface area contributed by atoms with Crippen LogP contribution in [0.2, 0.25) is 0 Å². The number of aliphatic imine (C=N–C) groups is 1. The molecule has 0 saturated carbocycles. The van der Waals surface area contributed by atoms with Gasteiger partial charge in [-0.2, -0.15) is 5.10 Å². The SMILES string of the molecule is CN=C(NCc1ccc(N2CCC(C)CC2)cc1)NCc1ncnn1C. The predicted molar refractivity (Wildman–Crippen MR) is 105 cm³/mol. The molecule has 1 saturated heterocycles. The minimum absolute atomic E-state index is 0.586. The van der Waals surface area contributed by atoms with Crippen LogP contribution in [-0.2, 0) is 20.1 Å². The van der Waals surface area contributed by atoms with Crippen LogP contribution < -0.4 is 15.5 Å². The number of hydrogen-bond donors (Lipinski definition) is 2. The lowest BCUT2D eigenvalue weighted by atomic mass is 9.99. The van der Waals surface area contributed by atoms with Crippen molar-refractivity contribution in [2.24, 2.45) is 18.0 Å². The fourth-order valence-electron chi connectivity index (χ4n) is 3.14. The average Bonchev–Trinajstić information content (AvgIpc) is 3.08. The topological polar surface area (TPSA) is 70.4 Å². The first kappa shape index (κ1) is 18.2. The van der Waals surface area contributed by atoms with Crippen LogP contribution in [-0.4, -0.2) is 40.9 Å². The highest BCUT2D eigenvalue weighted by Crippen LogP contribution is 2.23. The molecule has 1 aromatic carbocycles. The third kappa shape index (κ3) is 4.74. The van der Waals surface area contributed by atoms with Crippen LogP contribution >= 0.6 is 0 Å². The van der Waals surface area contributed by atoms with Crippen molar-refractivity contribution in [1.29, 1.82) is 0 Å². The van der Waals surface area contributed by atoms with Gasteiger partial charge < -0.3 is 15.5 Å². The van der Waals surface area contributed by atoms with Crippen molar-refractivity contribution >= 4 is 11.6 Å². The highest BCUT2D eigenvalue weighted by molar-refractivity contribution is 5.79. The largest absolute Gasteiger partial charge is 0.372 e. The van der Waals surface area contributed by atoms with Crippen LogP contribution in [0.3, 0.4) is 0 Å². The van der Waals surface area contributed by atoms with Crippen LogP contribution in [0.1, 0.15) is 31.2 Å². The number of anilines is 1. The van der Waals surface area contributed by atoms with Crippen LogP contribution in [0.15, 0.2) is 35.6 Å². The summed E-state index contributed by atoms with van der Waals surface area (Å²) >= 11 is 0. The van der Waals surface area contributed by atoms with Crippen molar-refractivity contribution in [3.8, 4) is 0 Å². The van der Waals surface area contributed by atoms with Gasteiger partial charge in [-0.1, -0.05) is 19.1 Å². The van der Waals surface area contributed by atoms with Gasteiger partial charge in [0, 0.05) is 39.4 Å². The maximum Gasteiger partial charge on any atom is 0.191 e. The van der Waals surface area contributed by atoms with E-state index >= 15 is 0 Å². The molecule has 2 N–H and O–H groups in total. The summed E-state index contributed by atoms with van der Waals surface area (Å²) in [4.78, 5) is 10.9. The Morgan fingerprint density at radius 3 is 2.46 bits per heavy atom. The summed E-state index contributed by atoms with van der Waals surface area (Å²) in [6.07, 6.45) is 4.13. The molecule has 0 unspecified atom stereocenters. The lowest BCUT2D eigenvalue weighted by molar-refractivity contribution is 0.438. The molecule has 1 aliphatic rings. The molecule has 0 aliphatic carbocycles. The van der Waals surface area contributed by atoms with Gasteiger partial charge in [0.25, 0.3) is 0 Å². The minimum atomic E-state index is 0.586. The van der Waals surface area contributed by atoms with Crippen molar-refractivity contribution in [2.75, 3.05) is 25.0 Å². The van der Waals surface area contributed by atoms with Crippen LogP contribution in [0.25, 0.3) is 0 Å². The van der Waals surface area contributed by atoms with E-state index in [1.54, 1.807) is 18.1 Å². The zero-order valence-electron chi connectivity index (χ0n) is 15.9. The normalized spacial score (nSPS) is 16.0. The number of guanidine groups is 1. The van der Waals surface area contributed by atoms with E-state index in [4.69, 9.17) is 0 Å². The Bertz CT molecular complexity index is 712. The maximum atomic E-state index is 4.26. The van der Waals surface area contributed by atoms with E-state index in [0.29, 0.717) is 6.54 Å². The number of aryl methyl sites for hydroxylation is 1. The second-order valence-corrected chi connectivity index (χ2v) is 6.92. The maximum absolute atomic E-state index is 4.26. The molecular weight excluding hydrogens is 326 g/mol. The third-order valence-electron chi connectivity index (χ3n) is 4.99. The van der Waals surface area contributed by atoms with Gasteiger partial charge in [-0.3, -0.25) is 9.67 Å². The third-order valence-corrected chi connectivity index (χ3v) is 4.99. The number of nitrogens with one attached hydrogen (secondary N) is 2. The summed E-state index contributed by atoms with van der Waals surface area (Å²) in [6.45, 7) is 5.99. The van der Waals surface area contributed by atoms with E-state index in [1.807, 2.05) is 7.05 Å². The number of benzene rings is 1. The quantitative estimate of drug-likeness (QED) is 0.633. The van der Waals surface area contributed by atoms with E-state index in [2.05, 4.69) is 61.8 Å². The Morgan fingerprint density at radius 2 is 1.85 bits per heavy atom. The van der Waals surface area contributed by atoms with Gasteiger partial charge in [-0.15, -0.1) is 0 Å². The molecule has 0 atom stereocenters. The first-order chi connectivity index (χ1) is 12.7. The zero-order chi connectivity index (χ0) is 18.4. The average molecular weight is 355 g/mol. The molecule has 0 amide bonds. The van der Waals surface area contributed by atoms with E-state index in [1.165, 1.54) is 24.1 Å². The number of piperidine rings is 1. The smallest absolute Gasteiger partial charge is 0.191 e. The van der Waals surface area contributed by atoms with E-state index < -0.39 is 0 Å². The van der Waals surface area contributed by atoms with Gasteiger partial charge in [0.2, 0.25) is 0 Å². The highest BCUT2D eigenvalue weighted by atomic mass is 15.3. The highest BCUT2D eigenvalue weighted by Gasteiger charge is 2.15. The van der Waals surface area contributed by atoms with Crippen LogP contribution in [0, 0.1) is 5.92 Å². The Morgan fingerprint density at radius 1 is 1.15 bits per heavy atom. The second kappa shape index (κ2) is 8.69. The molecule has 2 aromatic rings. The van der Waals surface area contributed by atoms with E-state index in [0.717, 1.165) is 37.3 Å². The molecule has 26 heavy (non-hydrogen) atoms. The summed E-state index contributed by atoms with van der Waals surface area (Å²) in [6, 6.07) is 8.83. The summed E-state index contributed by atoms with van der Waals surface area (Å²) in [7, 11) is 3.65. The van der Waals surface area contributed by atoms with Crippen molar-refractivity contribution in [3.05, 3.63) is 42.0 Å². The van der Waals surface area contributed by atoms with Crippen LogP contribution in [0.5, 0.6) is 0 Å². The number of aromatic nitrogens is 3. The van der Waals surface area contributed by atoms with Crippen LogP contribution in [0.4, 0.5) is 5.69 Å². The molecule has 2 heterocycles. The summed E-state index contributed by atoms with van der Waals surface area (Å²) in [5, 5.41) is 10.7. The number of hydrogen-bond acceptors (Lipinski definition) is 4. The van der Waals surface area contributed by atoms with Gasteiger partial charge in [0.05, 0.1) is 6.54 Å². The zero-order valence-corrected chi connectivity index (χ0v) is 15.9. The number of rotatable bonds is 5. The first-order valence-electron chi connectivity index (χ1n) is 9.27. The van der Waals surface area contributed by atoms with Gasteiger partial charge in [0.15, 0.2) is 5.96 Å². The van der Waals surface area contributed by atoms with Gasteiger partial charge >= 0.3 is 0 Å². The van der Waals surface area contributed by atoms with Crippen molar-refractivity contribution in [1.82, 2.24) is 25.4 Å². The molecule has 1 aromatic heterocycles. The fraction of sp³-hybridized carbons (Fsp3) is 0.526. The van der Waals surface area contributed by atoms with Gasteiger partial charge in [-0.25, -0.2) is 4.98 Å². The van der Waals surface area contributed by atoms with Gasteiger partial charge in [-0.05, 0) is 36.5 Å². The predicted octanol–water partition coefficient (Wildman–Crippen LogP) is 1.92. The summed E-state index contributed by atoms with van der Waals surface area (Å²) < 4.78 is 1.75. The second-order valence-electron chi connectivity index (χ2n) is 6.92. The monoisotopic (exact) mass is 355 g/mol. The van der Waals surface area contributed by atoms with Crippen molar-refractivity contribution in [3.63, 3.8) is 0 Å². The molecule has 7 nitrogen and oxygen atoms in total. The van der Waals surface area contributed by atoms with Crippen molar-refractivity contribution in [2.45, 2.75) is 32.9 Å². The molecular formula is C19H29N7. The lowest BCUT2D eigenvalue weighted by Crippen LogP contribution is -2.37. The molecule has 140 valence electrons. The molecule has 1 aliphatic heterocycles. The van der Waals surface area contributed by atoms with Gasteiger partial charge in [0.1, 0.15) is 12.2 Å². The standard InChI is InChI=1S/C19H29N7/c1-15-8-10-26(11-9-15)17-6-4-16(5-7-17)12-21-19(20-2)22-13-18-23-14-24-25(18)3/h4-7,14-15H,8-13H2,1-3H3,(H2,20,21,22). The lowest BCUT2D eigenvalue weighted by Gasteiger charge is -2.32. The molecule has 3 rings (SSSR count).